The Hall–Kier alpha value is -1.65. The molecule has 0 saturated heterocycles. The van der Waals surface area contributed by atoms with Gasteiger partial charge in [-0.15, -0.1) is 24.0 Å². The standard InChI is InChI=1S/C17H28N8.HI/c1-3-18-17(20-8-4-5-10-24-11-9-19-14(24)2)23-15-6-7-16-21-13-22-25(16)12-15;/h9,11,13,15H,3-8,10,12H2,1-2H3,(H2,18,20,23);1H. The highest BCUT2D eigenvalue weighted by Gasteiger charge is 2.20. The first kappa shape index (κ1) is 20.7. The van der Waals surface area contributed by atoms with E-state index in [9.17, 15) is 0 Å². The molecule has 0 amide bonds. The molecule has 1 unspecified atom stereocenters. The summed E-state index contributed by atoms with van der Waals surface area (Å²) in [6.45, 7) is 7.67. The van der Waals surface area contributed by atoms with Gasteiger partial charge in [0.25, 0.3) is 0 Å². The Morgan fingerprint density at radius 2 is 2.23 bits per heavy atom. The number of hydrogen-bond donors (Lipinski definition) is 2. The number of fused-ring (bicyclic) bond motifs is 1. The van der Waals surface area contributed by atoms with Crippen molar-refractivity contribution in [2.75, 3.05) is 13.1 Å². The molecule has 8 nitrogen and oxygen atoms in total. The lowest BCUT2D eigenvalue weighted by Gasteiger charge is -2.25. The lowest BCUT2D eigenvalue weighted by atomic mass is 10.1. The van der Waals surface area contributed by atoms with E-state index in [0.29, 0.717) is 6.04 Å². The van der Waals surface area contributed by atoms with Gasteiger partial charge in [-0.25, -0.2) is 14.6 Å². The third kappa shape index (κ3) is 5.68. The van der Waals surface area contributed by atoms with Crippen LogP contribution in [0.25, 0.3) is 0 Å². The average molecular weight is 472 g/mol. The van der Waals surface area contributed by atoms with Gasteiger partial charge in [-0.2, -0.15) is 5.10 Å². The third-order valence-electron chi connectivity index (χ3n) is 4.49. The second-order valence-corrected chi connectivity index (χ2v) is 6.37. The predicted molar refractivity (Wildman–Crippen MR) is 113 cm³/mol. The molecule has 2 N–H and O–H groups in total. The van der Waals surface area contributed by atoms with Crippen molar-refractivity contribution >= 4 is 29.9 Å². The fourth-order valence-electron chi connectivity index (χ4n) is 3.09. The smallest absolute Gasteiger partial charge is 0.191 e. The topological polar surface area (TPSA) is 84.9 Å². The number of nitrogens with zero attached hydrogens (tertiary/aromatic N) is 6. The minimum atomic E-state index is 0. The Kier molecular flexibility index (Phi) is 8.33. The SMILES string of the molecule is CCNC(=NCCCCn1ccnc1C)NC1CCc2ncnn2C1.I. The van der Waals surface area contributed by atoms with Crippen LogP contribution in [0.1, 0.15) is 37.8 Å². The van der Waals surface area contributed by atoms with Gasteiger partial charge in [0, 0.05) is 44.5 Å². The van der Waals surface area contributed by atoms with Crippen molar-refractivity contribution in [3.8, 4) is 0 Å². The number of imidazole rings is 1. The van der Waals surface area contributed by atoms with Gasteiger partial charge in [0.05, 0.1) is 6.54 Å². The molecular weight excluding hydrogens is 443 g/mol. The molecule has 1 aliphatic rings. The fourth-order valence-corrected chi connectivity index (χ4v) is 3.09. The molecule has 3 heterocycles. The molecule has 0 spiro atoms. The molecule has 144 valence electrons. The maximum Gasteiger partial charge on any atom is 0.191 e. The van der Waals surface area contributed by atoms with Gasteiger partial charge in [-0.1, -0.05) is 0 Å². The normalized spacial score (nSPS) is 16.7. The average Bonchev–Trinajstić information content (AvgIpc) is 3.23. The first-order valence-electron chi connectivity index (χ1n) is 9.15. The number of hydrogen-bond acceptors (Lipinski definition) is 4. The van der Waals surface area contributed by atoms with Crippen LogP contribution in [-0.4, -0.2) is 49.4 Å². The van der Waals surface area contributed by atoms with Crippen molar-refractivity contribution in [3.63, 3.8) is 0 Å². The number of aliphatic imine (C=N–C) groups is 1. The molecule has 0 radical (unpaired) electrons. The molecule has 0 aromatic carbocycles. The van der Waals surface area contributed by atoms with E-state index in [0.717, 1.165) is 69.5 Å². The Labute approximate surface area is 171 Å². The van der Waals surface area contributed by atoms with Crippen LogP contribution in [0.2, 0.25) is 0 Å². The van der Waals surface area contributed by atoms with Crippen molar-refractivity contribution in [3.05, 3.63) is 30.4 Å². The van der Waals surface area contributed by atoms with E-state index in [-0.39, 0.29) is 24.0 Å². The zero-order chi connectivity index (χ0) is 17.5. The Bertz CT molecular complexity index is 693. The summed E-state index contributed by atoms with van der Waals surface area (Å²) in [6, 6.07) is 0.348. The summed E-state index contributed by atoms with van der Waals surface area (Å²) in [5.41, 5.74) is 0. The molecular formula is C17H29IN8. The zero-order valence-corrected chi connectivity index (χ0v) is 17.9. The first-order valence-corrected chi connectivity index (χ1v) is 9.15. The summed E-state index contributed by atoms with van der Waals surface area (Å²) in [5.74, 6) is 3.05. The molecule has 2 aromatic heterocycles. The summed E-state index contributed by atoms with van der Waals surface area (Å²) in [7, 11) is 0. The predicted octanol–water partition coefficient (Wildman–Crippen LogP) is 1.75. The Morgan fingerprint density at radius 1 is 1.35 bits per heavy atom. The molecule has 0 aliphatic carbocycles. The second-order valence-electron chi connectivity index (χ2n) is 6.37. The van der Waals surface area contributed by atoms with Gasteiger partial charge >= 0.3 is 0 Å². The van der Waals surface area contributed by atoms with Gasteiger partial charge < -0.3 is 15.2 Å². The summed E-state index contributed by atoms with van der Waals surface area (Å²) < 4.78 is 4.17. The van der Waals surface area contributed by atoms with Crippen molar-refractivity contribution in [1.82, 2.24) is 34.9 Å². The van der Waals surface area contributed by atoms with E-state index in [2.05, 4.69) is 37.2 Å². The Morgan fingerprint density at radius 3 is 3.00 bits per heavy atom. The van der Waals surface area contributed by atoms with Crippen molar-refractivity contribution in [1.29, 1.82) is 0 Å². The molecule has 1 atom stereocenters. The van der Waals surface area contributed by atoms with Gasteiger partial charge in [0.15, 0.2) is 5.96 Å². The maximum absolute atomic E-state index is 4.72. The monoisotopic (exact) mass is 472 g/mol. The van der Waals surface area contributed by atoms with Gasteiger partial charge in [0.1, 0.15) is 18.0 Å². The number of unbranched alkanes of at least 4 members (excludes halogenated alkanes) is 1. The lowest BCUT2D eigenvalue weighted by molar-refractivity contribution is 0.392. The van der Waals surface area contributed by atoms with Crippen molar-refractivity contribution < 1.29 is 0 Å². The number of guanidine groups is 1. The third-order valence-corrected chi connectivity index (χ3v) is 4.49. The van der Waals surface area contributed by atoms with Crippen LogP contribution in [-0.2, 0) is 19.5 Å². The highest BCUT2D eigenvalue weighted by molar-refractivity contribution is 14.0. The molecule has 1 aliphatic heterocycles. The van der Waals surface area contributed by atoms with E-state index in [4.69, 9.17) is 4.99 Å². The van der Waals surface area contributed by atoms with E-state index < -0.39 is 0 Å². The highest BCUT2D eigenvalue weighted by atomic mass is 127. The summed E-state index contributed by atoms with van der Waals surface area (Å²) >= 11 is 0. The van der Waals surface area contributed by atoms with E-state index in [1.165, 1.54) is 0 Å². The highest BCUT2D eigenvalue weighted by Crippen LogP contribution is 2.11. The second kappa shape index (κ2) is 10.5. The summed E-state index contributed by atoms with van der Waals surface area (Å²) in [5, 5.41) is 11.2. The minimum absolute atomic E-state index is 0. The van der Waals surface area contributed by atoms with Crippen molar-refractivity contribution in [2.24, 2.45) is 4.99 Å². The molecule has 0 saturated carbocycles. The maximum atomic E-state index is 4.72. The number of rotatable bonds is 7. The number of aryl methyl sites for hydroxylation is 3. The van der Waals surface area contributed by atoms with E-state index in [1.54, 1.807) is 6.33 Å². The van der Waals surface area contributed by atoms with Crippen LogP contribution in [0.3, 0.4) is 0 Å². The van der Waals surface area contributed by atoms with Crippen LogP contribution < -0.4 is 10.6 Å². The Balaban J connectivity index is 0.00000243. The van der Waals surface area contributed by atoms with Crippen LogP contribution in [0.5, 0.6) is 0 Å². The van der Waals surface area contributed by atoms with Gasteiger partial charge in [-0.3, -0.25) is 4.99 Å². The largest absolute Gasteiger partial charge is 0.357 e. The summed E-state index contributed by atoms with van der Waals surface area (Å²) in [4.78, 5) is 13.2. The van der Waals surface area contributed by atoms with Crippen molar-refractivity contribution in [2.45, 2.75) is 58.7 Å². The van der Waals surface area contributed by atoms with Crippen LogP contribution in [0, 0.1) is 6.92 Å². The lowest BCUT2D eigenvalue weighted by Crippen LogP contribution is -2.47. The summed E-state index contributed by atoms with van der Waals surface area (Å²) in [6.07, 6.45) is 9.71. The quantitative estimate of drug-likeness (QED) is 0.278. The first-order chi connectivity index (χ1) is 12.3. The van der Waals surface area contributed by atoms with Crippen LogP contribution in [0.15, 0.2) is 23.7 Å². The van der Waals surface area contributed by atoms with Crippen LogP contribution >= 0.6 is 24.0 Å². The van der Waals surface area contributed by atoms with E-state index >= 15 is 0 Å². The van der Waals surface area contributed by atoms with Gasteiger partial charge in [0.2, 0.25) is 0 Å². The molecule has 9 heteroatoms. The van der Waals surface area contributed by atoms with Gasteiger partial charge in [-0.05, 0) is 33.1 Å². The van der Waals surface area contributed by atoms with Crippen LogP contribution in [0.4, 0.5) is 0 Å². The molecule has 0 fully saturated rings. The molecule has 0 bridgehead atoms. The van der Waals surface area contributed by atoms with E-state index in [1.807, 2.05) is 24.0 Å². The molecule has 26 heavy (non-hydrogen) atoms. The zero-order valence-electron chi connectivity index (χ0n) is 15.6. The minimum Gasteiger partial charge on any atom is -0.357 e. The number of aromatic nitrogens is 5. The molecule has 3 rings (SSSR count). The number of nitrogens with one attached hydrogen (secondary N) is 2. The number of halogens is 1. The molecule has 2 aromatic rings. The fraction of sp³-hybridized carbons (Fsp3) is 0.647.